The predicted molar refractivity (Wildman–Crippen MR) is 132 cm³/mol. The van der Waals surface area contributed by atoms with Gasteiger partial charge in [0.25, 0.3) is 11.1 Å². The number of anilines is 1. The number of nitrogens with one attached hydrogen (secondary N) is 1. The molecule has 2 aromatic carbocycles. The van der Waals surface area contributed by atoms with Crippen molar-refractivity contribution in [3.8, 4) is 0 Å². The number of hydrogen-bond donors (Lipinski definition) is 1. The topological polar surface area (TPSA) is 96.7 Å². The molecule has 4 rings (SSSR count). The molecule has 1 saturated heterocycles. The maximum absolute atomic E-state index is 12.8. The lowest BCUT2D eigenvalue weighted by Gasteiger charge is -2.12. The minimum Gasteiger partial charge on any atom is -0.462 e. The highest BCUT2D eigenvalue weighted by molar-refractivity contribution is 8.18. The zero-order valence-corrected chi connectivity index (χ0v) is 20.0. The summed E-state index contributed by atoms with van der Waals surface area (Å²) in [5, 5.41) is 2.63. The maximum atomic E-state index is 12.8. The van der Waals surface area contributed by atoms with Gasteiger partial charge in [0.05, 0.1) is 20.9 Å². The molecule has 0 radical (unpaired) electrons. The van der Waals surface area contributed by atoms with Crippen molar-refractivity contribution in [2.24, 2.45) is 0 Å². The Morgan fingerprint density at radius 2 is 2.00 bits per heavy atom. The number of halogens is 2. The molecule has 168 valence electrons. The summed E-state index contributed by atoms with van der Waals surface area (Å²) < 4.78 is 5.44. The first-order valence-corrected chi connectivity index (χ1v) is 12.2. The molecule has 0 aliphatic carbocycles. The Labute approximate surface area is 206 Å². The van der Waals surface area contributed by atoms with Gasteiger partial charge in [0, 0.05) is 15.6 Å². The van der Waals surface area contributed by atoms with Gasteiger partial charge in [0.15, 0.2) is 11.0 Å². The van der Waals surface area contributed by atoms with E-state index in [4.69, 9.17) is 27.6 Å². The number of amides is 3. The fourth-order valence-electron chi connectivity index (χ4n) is 3.10. The highest BCUT2D eigenvalue weighted by Crippen LogP contribution is 2.33. The summed E-state index contributed by atoms with van der Waals surface area (Å²) in [6.45, 7) is -0.455. The first-order valence-electron chi connectivity index (χ1n) is 9.36. The molecule has 33 heavy (non-hydrogen) atoms. The smallest absolute Gasteiger partial charge is 0.294 e. The number of imide groups is 1. The number of nitrogens with zero attached hydrogens (tertiary/aromatic N) is 1. The highest BCUT2D eigenvalue weighted by Gasteiger charge is 2.36. The van der Waals surface area contributed by atoms with Crippen LogP contribution in [0.2, 0.25) is 10.0 Å². The third kappa shape index (κ3) is 4.96. The molecule has 3 aromatic rings. The van der Waals surface area contributed by atoms with Crippen molar-refractivity contribution in [1.29, 1.82) is 0 Å². The standard InChI is InChI=1S/C22H14Cl2N2O5S2/c1-32-14-4-2-3-13(8-14)25-18(27)9-26-21(29)17(33-22(26)30)5-11-10-31-20-15(19(11)28)6-12(23)7-16(20)24/h2-8,10H,9H2,1H3,(H,25,27)/b17-5-. The lowest BCUT2D eigenvalue weighted by atomic mass is 10.1. The Morgan fingerprint density at radius 3 is 2.76 bits per heavy atom. The number of thioether (sulfide) groups is 2. The number of hydrogen-bond acceptors (Lipinski definition) is 7. The molecule has 1 fully saturated rings. The van der Waals surface area contributed by atoms with Gasteiger partial charge in [0.1, 0.15) is 12.8 Å². The number of fused-ring (bicyclic) bond motifs is 1. The maximum Gasteiger partial charge on any atom is 0.294 e. The average molecular weight is 521 g/mol. The Hall–Kier alpha value is -2.72. The van der Waals surface area contributed by atoms with E-state index in [-0.39, 0.29) is 31.5 Å². The van der Waals surface area contributed by atoms with E-state index < -0.39 is 29.0 Å². The highest BCUT2D eigenvalue weighted by atomic mass is 35.5. The van der Waals surface area contributed by atoms with Crippen LogP contribution >= 0.6 is 46.7 Å². The van der Waals surface area contributed by atoms with Crippen LogP contribution in [0, 0.1) is 0 Å². The molecule has 0 atom stereocenters. The van der Waals surface area contributed by atoms with Crippen LogP contribution in [0.25, 0.3) is 17.0 Å². The number of rotatable bonds is 5. The SMILES string of the molecule is CSc1cccc(NC(=O)CN2C(=O)S/C(=C\c3coc4c(Cl)cc(Cl)cc4c3=O)C2=O)c1. The van der Waals surface area contributed by atoms with Crippen LogP contribution in [0.15, 0.2) is 61.7 Å². The van der Waals surface area contributed by atoms with Gasteiger partial charge in [-0.25, -0.2) is 0 Å². The van der Waals surface area contributed by atoms with E-state index in [2.05, 4.69) is 5.32 Å². The average Bonchev–Trinajstić information content (AvgIpc) is 3.03. The van der Waals surface area contributed by atoms with E-state index in [1.165, 1.54) is 30.0 Å². The Bertz CT molecular complexity index is 1400. The largest absolute Gasteiger partial charge is 0.462 e. The van der Waals surface area contributed by atoms with E-state index in [0.29, 0.717) is 17.4 Å². The van der Waals surface area contributed by atoms with E-state index in [9.17, 15) is 19.2 Å². The number of benzene rings is 2. The molecule has 0 saturated carbocycles. The van der Waals surface area contributed by atoms with Gasteiger partial charge in [0.2, 0.25) is 5.91 Å². The second-order valence-electron chi connectivity index (χ2n) is 6.83. The van der Waals surface area contributed by atoms with Crippen molar-refractivity contribution >= 4 is 86.5 Å². The molecule has 1 aliphatic heterocycles. The molecule has 7 nitrogen and oxygen atoms in total. The van der Waals surface area contributed by atoms with E-state index in [1.54, 1.807) is 18.2 Å². The third-order valence-corrected chi connectivity index (χ3v) is 6.77. The van der Waals surface area contributed by atoms with Crippen molar-refractivity contribution in [3.63, 3.8) is 0 Å². The molecule has 1 aromatic heterocycles. The molecule has 0 bridgehead atoms. The summed E-state index contributed by atoms with van der Waals surface area (Å²) >= 11 is 14.2. The summed E-state index contributed by atoms with van der Waals surface area (Å²) in [6, 6.07) is 10.0. The van der Waals surface area contributed by atoms with Crippen molar-refractivity contribution in [1.82, 2.24) is 4.90 Å². The molecule has 2 heterocycles. The molecular weight excluding hydrogens is 507 g/mol. The van der Waals surface area contributed by atoms with Crippen LogP contribution < -0.4 is 10.7 Å². The predicted octanol–water partition coefficient (Wildman–Crippen LogP) is 5.50. The van der Waals surface area contributed by atoms with Gasteiger partial charge in [-0.1, -0.05) is 29.3 Å². The van der Waals surface area contributed by atoms with Gasteiger partial charge in [-0.05, 0) is 54.4 Å². The van der Waals surface area contributed by atoms with E-state index >= 15 is 0 Å². The van der Waals surface area contributed by atoms with Crippen LogP contribution in [0.5, 0.6) is 0 Å². The molecule has 1 aliphatic rings. The van der Waals surface area contributed by atoms with Gasteiger partial charge >= 0.3 is 0 Å². The van der Waals surface area contributed by atoms with Gasteiger partial charge < -0.3 is 9.73 Å². The van der Waals surface area contributed by atoms with Gasteiger partial charge in [-0.15, -0.1) is 11.8 Å². The molecule has 0 unspecified atom stereocenters. The van der Waals surface area contributed by atoms with Crippen LogP contribution in [0.3, 0.4) is 0 Å². The first kappa shape index (κ1) is 23.4. The monoisotopic (exact) mass is 520 g/mol. The number of carbonyl (C=O) groups is 3. The van der Waals surface area contributed by atoms with E-state index in [0.717, 1.165) is 16.1 Å². The van der Waals surface area contributed by atoms with Crippen LogP contribution in [0.1, 0.15) is 5.56 Å². The second kappa shape index (κ2) is 9.64. The normalized spacial score (nSPS) is 15.0. The molecular formula is C22H14Cl2N2O5S2. The van der Waals surface area contributed by atoms with Crippen molar-refractivity contribution < 1.29 is 18.8 Å². The fourth-order valence-corrected chi connectivity index (χ4v) is 4.93. The minimum atomic E-state index is -0.679. The Morgan fingerprint density at radius 1 is 1.21 bits per heavy atom. The van der Waals surface area contributed by atoms with Gasteiger partial charge in [-0.3, -0.25) is 24.1 Å². The van der Waals surface area contributed by atoms with Crippen LogP contribution in [-0.2, 0) is 9.59 Å². The Kier molecular flexibility index (Phi) is 6.85. The zero-order chi connectivity index (χ0) is 23.7. The third-order valence-electron chi connectivity index (χ3n) is 4.63. The molecule has 0 spiro atoms. The summed E-state index contributed by atoms with van der Waals surface area (Å²) in [5.41, 5.74) is 0.308. The summed E-state index contributed by atoms with van der Waals surface area (Å²) in [7, 11) is 0. The quantitative estimate of drug-likeness (QED) is 0.350. The first-order chi connectivity index (χ1) is 15.8. The summed E-state index contributed by atoms with van der Waals surface area (Å²) in [6.07, 6.45) is 4.32. The second-order valence-corrected chi connectivity index (χ2v) is 9.55. The van der Waals surface area contributed by atoms with Crippen molar-refractivity contribution in [2.45, 2.75) is 4.90 Å². The van der Waals surface area contributed by atoms with E-state index in [1.807, 2.05) is 12.3 Å². The van der Waals surface area contributed by atoms with Crippen LogP contribution in [0.4, 0.5) is 10.5 Å². The molecule has 11 heteroatoms. The van der Waals surface area contributed by atoms with Crippen LogP contribution in [-0.4, -0.2) is 34.8 Å². The van der Waals surface area contributed by atoms with Crippen molar-refractivity contribution in [3.05, 3.63) is 73.4 Å². The minimum absolute atomic E-state index is 0.00282. The Balaban J connectivity index is 1.55. The number of carbonyl (C=O) groups excluding carboxylic acids is 3. The molecule has 1 N–H and O–H groups in total. The summed E-state index contributed by atoms with van der Waals surface area (Å²) in [4.78, 5) is 52.1. The lowest BCUT2D eigenvalue weighted by molar-refractivity contribution is -0.127. The van der Waals surface area contributed by atoms with Gasteiger partial charge in [-0.2, -0.15) is 0 Å². The zero-order valence-electron chi connectivity index (χ0n) is 16.9. The lowest BCUT2D eigenvalue weighted by Crippen LogP contribution is -2.36. The van der Waals surface area contributed by atoms with Crippen molar-refractivity contribution in [2.75, 3.05) is 18.1 Å². The molecule has 3 amide bonds. The summed E-state index contributed by atoms with van der Waals surface area (Å²) in [5.74, 6) is -1.20. The fraction of sp³-hybridized carbons (Fsp3) is 0.0909.